The SMILES string of the molecule is O=C(CSc1ncc2ccccn12)NCc1ccc(F)cc1. The van der Waals surface area contributed by atoms with Gasteiger partial charge in [-0.1, -0.05) is 30.0 Å². The van der Waals surface area contributed by atoms with Crippen LogP contribution in [0.5, 0.6) is 0 Å². The number of nitrogens with one attached hydrogen (secondary N) is 1. The molecular weight excluding hydrogens is 301 g/mol. The van der Waals surface area contributed by atoms with Gasteiger partial charge < -0.3 is 5.32 Å². The molecule has 1 N–H and O–H groups in total. The largest absolute Gasteiger partial charge is 0.351 e. The fourth-order valence-electron chi connectivity index (χ4n) is 2.01. The van der Waals surface area contributed by atoms with E-state index in [9.17, 15) is 9.18 Å². The molecule has 0 bridgehead atoms. The second kappa shape index (κ2) is 6.62. The lowest BCUT2D eigenvalue weighted by molar-refractivity contribution is -0.118. The number of hydrogen-bond donors (Lipinski definition) is 1. The molecule has 0 fully saturated rings. The molecular formula is C16H14FN3OS. The molecule has 2 aromatic heterocycles. The van der Waals surface area contributed by atoms with E-state index in [2.05, 4.69) is 10.3 Å². The average Bonchev–Trinajstić information content (AvgIpc) is 2.96. The number of thioether (sulfide) groups is 1. The Hall–Kier alpha value is -2.34. The number of imidazole rings is 1. The number of pyridine rings is 1. The van der Waals surface area contributed by atoms with Gasteiger partial charge in [-0.25, -0.2) is 9.37 Å². The van der Waals surface area contributed by atoms with Crippen LogP contribution in [0.2, 0.25) is 0 Å². The van der Waals surface area contributed by atoms with E-state index >= 15 is 0 Å². The number of rotatable bonds is 5. The molecule has 6 heteroatoms. The highest BCUT2D eigenvalue weighted by Gasteiger charge is 2.07. The Morgan fingerprint density at radius 3 is 2.86 bits per heavy atom. The summed E-state index contributed by atoms with van der Waals surface area (Å²) in [5.74, 6) is -0.0753. The van der Waals surface area contributed by atoms with Crippen molar-refractivity contribution in [1.29, 1.82) is 0 Å². The minimum atomic E-state index is -0.281. The van der Waals surface area contributed by atoms with E-state index in [1.54, 1.807) is 18.3 Å². The standard InChI is InChI=1S/C16H14FN3OS/c17-13-6-4-12(5-7-13)9-18-15(21)11-22-16-19-10-14-3-1-2-8-20(14)16/h1-8,10H,9,11H2,(H,18,21). The van der Waals surface area contributed by atoms with Gasteiger partial charge in [-0.15, -0.1) is 0 Å². The maximum atomic E-state index is 12.8. The molecule has 0 aliphatic heterocycles. The molecule has 2 heterocycles. The Morgan fingerprint density at radius 1 is 1.23 bits per heavy atom. The van der Waals surface area contributed by atoms with E-state index in [4.69, 9.17) is 0 Å². The molecule has 0 aliphatic rings. The van der Waals surface area contributed by atoms with Crippen LogP contribution in [0.25, 0.3) is 5.52 Å². The lowest BCUT2D eigenvalue weighted by Gasteiger charge is -2.05. The second-order valence-corrected chi connectivity index (χ2v) is 5.67. The smallest absolute Gasteiger partial charge is 0.230 e. The second-order valence-electron chi connectivity index (χ2n) is 4.73. The number of halogens is 1. The summed E-state index contributed by atoms with van der Waals surface area (Å²) in [4.78, 5) is 16.2. The number of carbonyl (C=O) groups excluding carboxylic acids is 1. The Bertz CT molecular complexity index is 785. The maximum Gasteiger partial charge on any atom is 0.230 e. The molecule has 0 saturated carbocycles. The van der Waals surface area contributed by atoms with Gasteiger partial charge in [-0.3, -0.25) is 9.20 Å². The van der Waals surface area contributed by atoms with Gasteiger partial charge in [0, 0.05) is 12.7 Å². The molecule has 3 aromatic rings. The van der Waals surface area contributed by atoms with Gasteiger partial charge in [0.1, 0.15) is 5.82 Å². The number of aromatic nitrogens is 2. The molecule has 1 amide bonds. The first-order valence-electron chi connectivity index (χ1n) is 6.78. The van der Waals surface area contributed by atoms with Crippen LogP contribution in [0.15, 0.2) is 60.0 Å². The van der Waals surface area contributed by atoms with E-state index in [-0.39, 0.29) is 17.5 Å². The van der Waals surface area contributed by atoms with Gasteiger partial charge in [-0.2, -0.15) is 0 Å². The minimum absolute atomic E-state index is 0.0815. The number of carbonyl (C=O) groups is 1. The quantitative estimate of drug-likeness (QED) is 0.737. The fourth-order valence-corrected chi connectivity index (χ4v) is 2.80. The van der Waals surface area contributed by atoms with E-state index in [1.807, 2.05) is 28.8 Å². The Balaban J connectivity index is 1.53. The van der Waals surface area contributed by atoms with Crippen molar-refractivity contribution >= 4 is 23.2 Å². The van der Waals surface area contributed by atoms with E-state index in [1.165, 1.54) is 23.9 Å². The van der Waals surface area contributed by atoms with Crippen LogP contribution in [0.1, 0.15) is 5.56 Å². The molecule has 0 spiro atoms. The molecule has 0 radical (unpaired) electrons. The monoisotopic (exact) mass is 315 g/mol. The van der Waals surface area contributed by atoms with Crippen molar-refractivity contribution in [3.8, 4) is 0 Å². The van der Waals surface area contributed by atoms with Crippen LogP contribution in [0, 0.1) is 5.82 Å². The Kier molecular flexibility index (Phi) is 4.39. The molecule has 4 nitrogen and oxygen atoms in total. The molecule has 3 rings (SSSR count). The average molecular weight is 315 g/mol. The van der Waals surface area contributed by atoms with E-state index in [0.29, 0.717) is 6.54 Å². The zero-order valence-electron chi connectivity index (χ0n) is 11.7. The maximum absolute atomic E-state index is 12.8. The first-order chi connectivity index (χ1) is 10.7. The number of fused-ring (bicyclic) bond motifs is 1. The van der Waals surface area contributed by atoms with E-state index in [0.717, 1.165) is 16.2 Å². The molecule has 0 aliphatic carbocycles. The normalized spacial score (nSPS) is 10.8. The predicted octanol–water partition coefficient (Wildman–Crippen LogP) is 2.88. The van der Waals surface area contributed by atoms with Crippen LogP contribution in [-0.2, 0) is 11.3 Å². The van der Waals surface area contributed by atoms with Crippen molar-refractivity contribution in [2.75, 3.05) is 5.75 Å². The van der Waals surface area contributed by atoms with Crippen molar-refractivity contribution in [3.05, 3.63) is 66.2 Å². The molecule has 0 unspecified atom stereocenters. The highest BCUT2D eigenvalue weighted by Crippen LogP contribution is 2.17. The Morgan fingerprint density at radius 2 is 2.05 bits per heavy atom. The lowest BCUT2D eigenvalue weighted by atomic mass is 10.2. The number of amides is 1. The number of benzene rings is 1. The summed E-state index contributed by atoms with van der Waals surface area (Å²) in [5, 5.41) is 3.59. The van der Waals surface area contributed by atoms with Crippen LogP contribution in [0.4, 0.5) is 4.39 Å². The molecule has 0 saturated heterocycles. The molecule has 22 heavy (non-hydrogen) atoms. The first-order valence-corrected chi connectivity index (χ1v) is 7.77. The van der Waals surface area contributed by atoms with Gasteiger partial charge in [0.25, 0.3) is 0 Å². The van der Waals surface area contributed by atoms with Crippen molar-refractivity contribution < 1.29 is 9.18 Å². The van der Waals surface area contributed by atoms with Crippen molar-refractivity contribution in [2.24, 2.45) is 0 Å². The van der Waals surface area contributed by atoms with Crippen LogP contribution < -0.4 is 5.32 Å². The third-order valence-corrected chi connectivity index (χ3v) is 4.11. The van der Waals surface area contributed by atoms with Gasteiger partial charge in [0.05, 0.1) is 17.5 Å². The van der Waals surface area contributed by atoms with Gasteiger partial charge in [-0.05, 0) is 29.8 Å². The van der Waals surface area contributed by atoms with Gasteiger partial charge in [0.15, 0.2) is 5.16 Å². The van der Waals surface area contributed by atoms with Crippen LogP contribution >= 0.6 is 11.8 Å². The zero-order chi connectivity index (χ0) is 15.4. The summed E-state index contributed by atoms with van der Waals surface area (Å²) in [6.45, 7) is 0.391. The van der Waals surface area contributed by atoms with Crippen molar-refractivity contribution in [1.82, 2.24) is 14.7 Å². The zero-order valence-corrected chi connectivity index (χ0v) is 12.5. The summed E-state index contributed by atoms with van der Waals surface area (Å²) < 4.78 is 14.7. The first kappa shape index (κ1) is 14.6. The van der Waals surface area contributed by atoms with Gasteiger partial charge >= 0.3 is 0 Å². The number of hydrogen-bond acceptors (Lipinski definition) is 3. The van der Waals surface area contributed by atoms with Crippen molar-refractivity contribution in [3.63, 3.8) is 0 Å². The Labute approximate surface area is 131 Å². The summed E-state index contributed by atoms with van der Waals surface area (Å²) in [5.41, 5.74) is 1.86. The lowest BCUT2D eigenvalue weighted by Crippen LogP contribution is -2.24. The summed E-state index contributed by atoms with van der Waals surface area (Å²) in [6.07, 6.45) is 3.69. The highest BCUT2D eigenvalue weighted by atomic mass is 32.2. The summed E-state index contributed by atoms with van der Waals surface area (Å²) >= 11 is 1.38. The molecule has 112 valence electrons. The highest BCUT2D eigenvalue weighted by molar-refractivity contribution is 7.99. The minimum Gasteiger partial charge on any atom is -0.351 e. The van der Waals surface area contributed by atoms with Crippen molar-refractivity contribution in [2.45, 2.75) is 11.7 Å². The molecule has 0 atom stereocenters. The predicted molar refractivity (Wildman–Crippen MR) is 84.2 cm³/mol. The van der Waals surface area contributed by atoms with Gasteiger partial charge in [0.2, 0.25) is 5.91 Å². The van der Waals surface area contributed by atoms with Crippen LogP contribution in [-0.4, -0.2) is 21.0 Å². The third kappa shape index (κ3) is 3.46. The number of nitrogens with zero attached hydrogens (tertiary/aromatic N) is 2. The summed E-state index contributed by atoms with van der Waals surface area (Å²) in [6, 6.07) is 11.9. The summed E-state index contributed by atoms with van der Waals surface area (Å²) in [7, 11) is 0. The van der Waals surface area contributed by atoms with E-state index < -0.39 is 0 Å². The van der Waals surface area contributed by atoms with Crippen LogP contribution in [0.3, 0.4) is 0 Å². The molecule has 1 aromatic carbocycles. The third-order valence-electron chi connectivity index (χ3n) is 3.14. The fraction of sp³-hybridized carbons (Fsp3) is 0.125. The topological polar surface area (TPSA) is 46.4 Å².